The van der Waals surface area contributed by atoms with Crippen molar-refractivity contribution in [2.75, 3.05) is 7.11 Å². The first-order chi connectivity index (χ1) is 16.1. The van der Waals surface area contributed by atoms with Crippen LogP contribution in [-0.2, 0) is 25.4 Å². The second-order valence-electron chi connectivity index (χ2n) is 9.82. The van der Waals surface area contributed by atoms with Crippen molar-refractivity contribution in [1.29, 1.82) is 0 Å². The SMILES string of the molecule is C#CC1C[C@H]2[C@@H](OC(=O)C(Cc3ccccc3)NC(=O)OC(C)(C)C)CCC[C@H]2N1C(=O)OC. The van der Waals surface area contributed by atoms with Crippen molar-refractivity contribution in [1.82, 2.24) is 10.2 Å². The lowest BCUT2D eigenvalue weighted by molar-refractivity contribution is -0.156. The van der Waals surface area contributed by atoms with E-state index < -0.39 is 41.9 Å². The van der Waals surface area contributed by atoms with E-state index in [4.69, 9.17) is 20.6 Å². The van der Waals surface area contributed by atoms with Gasteiger partial charge in [0.1, 0.15) is 17.7 Å². The molecule has 3 rings (SSSR count). The van der Waals surface area contributed by atoms with E-state index in [9.17, 15) is 14.4 Å². The van der Waals surface area contributed by atoms with Crippen LogP contribution in [-0.4, -0.2) is 60.0 Å². The Kier molecular flexibility index (Phi) is 8.08. The highest BCUT2D eigenvalue weighted by atomic mass is 16.6. The van der Waals surface area contributed by atoms with Crippen LogP contribution >= 0.6 is 0 Å². The molecule has 1 saturated carbocycles. The van der Waals surface area contributed by atoms with Gasteiger partial charge in [0.15, 0.2) is 0 Å². The van der Waals surface area contributed by atoms with E-state index >= 15 is 0 Å². The summed E-state index contributed by atoms with van der Waals surface area (Å²) in [6.07, 6.45) is 7.17. The predicted octanol–water partition coefficient (Wildman–Crippen LogP) is 3.68. The molecule has 184 valence electrons. The second kappa shape index (κ2) is 10.8. The number of rotatable bonds is 5. The average Bonchev–Trinajstić information content (AvgIpc) is 3.17. The fourth-order valence-electron chi connectivity index (χ4n) is 4.85. The van der Waals surface area contributed by atoms with Crippen LogP contribution in [0.4, 0.5) is 9.59 Å². The van der Waals surface area contributed by atoms with E-state index in [1.54, 1.807) is 25.7 Å². The molecular formula is C26H34N2O6. The summed E-state index contributed by atoms with van der Waals surface area (Å²) in [6.45, 7) is 5.27. The molecule has 8 nitrogen and oxygen atoms in total. The van der Waals surface area contributed by atoms with Crippen LogP contribution in [0.25, 0.3) is 0 Å². The minimum atomic E-state index is -0.917. The summed E-state index contributed by atoms with van der Waals surface area (Å²) in [7, 11) is 1.33. The van der Waals surface area contributed by atoms with Gasteiger partial charge in [0, 0.05) is 18.4 Å². The fraction of sp³-hybridized carbons (Fsp3) is 0.577. The normalized spacial score (nSPS) is 24.9. The smallest absolute Gasteiger partial charge is 0.410 e. The van der Waals surface area contributed by atoms with Crippen LogP contribution in [0.5, 0.6) is 0 Å². The molecule has 2 unspecified atom stereocenters. The van der Waals surface area contributed by atoms with E-state index in [-0.39, 0.29) is 18.4 Å². The van der Waals surface area contributed by atoms with Crippen molar-refractivity contribution in [2.24, 2.45) is 5.92 Å². The zero-order valence-corrected chi connectivity index (χ0v) is 20.3. The molecule has 1 aliphatic carbocycles. The molecule has 0 aromatic heterocycles. The minimum Gasteiger partial charge on any atom is -0.460 e. The Labute approximate surface area is 201 Å². The first-order valence-corrected chi connectivity index (χ1v) is 11.7. The number of likely N-dealkylation sites (tertiary alicyclic amines) is 1. The fourth-order valence-corrected chi connectivity index (χ4v) is 4.85. The summed E-state index contributed by atoms with van der Waals surface area (Å²) in [5, 5.41) is 2.67. The Bertz CT molecular complexity index is 919. The molecule has 0 radical (unpaired) electrons. The van der Waals surface area contributed by atoms with Crippen LogP contribution in [0.1, 0.15) is 52.0 Å². The molecule has 0 bridgehead atoms. The monoisotopic (exact) mass is 470 g/mol. The number of terminal acetylenes is 1. The molecule has 1 aromatic rings. The number of hydrogen-bond acceptors (Lipinski definition) is 6. The van der Waals surface area contributed by atoms with Gasteiger partial charge in [0.05, 0.1) is 13.2 Å². The van der Waals surface area contributed by atoms with Gasteiger partial charge in [-0.2, -0.15) is 0 Å². The van der Waals surface area contributed by atoms with Crippen molar-refractivity contribution < 1.29 is 28.6 Å². The molecule has 2 aliphatic rings. The first-order valence-electron chi connectivity index (χ1n) is 11.7. The van der Waals surface area contributed by atoms with Gasteiger partial charge in [0.2, 0.25) is 0 Å². The van der Waals surface area contributed by atoms with E-state index in [1.165, 1.54) is 7.11 Å². The Balaban J connectivity index is 1.75. The number of nitrogens with one attached hydrogen (secondary N) is 1. The van der Waals surface area contributed by atoms with Gasteiger partial charge < -0.3 is 19.5 Å². The highest BCUT2D eigenvalue weighted by molar-refractivity contribution is 5.82. The number of carbonyl (C=O) groups is 3. The number of ether oxygens (including phenoxy) is 3. The zero-order valence-electron chi connectivity index (χ0n) is 20.3. The quantitative estimate of drug-likeness (QED) is 0.401. The molecule has 8 heteroatoms. The molecule has 2 amide bonds. The zero-order chi connectivity index (χ0) is 24.9. The van der Waals surface area contributed by atoms with Gasteiger partial charge in [0.25, 0.3) is 0 Å². The third-order valence-electron chi connectivity index (χ3n) is 6.25. The van der Waals surface area contributed by atoms with Crippen molar-refractivity contribution >= 4 is 18.2 Å². The van der Waals surface area contributed by atoms with Crippen molar-refractivity contribution in [3.8, 4) is 12.3 Å². The third-order valence-corrected chi connectivity index (χ3v) is 6.25. The molecular weight excluding hydrogens is 436 g/mol. The lowest BCUT2D eigenvalue weighted by Gasteiger charge is -2.36. The molecule has 1 aliphatic heterocycles. The van der Waals surface area contributed by atoms with Crippen molar-refractivity contribution in [3.63, 3.8) is 0 Å². The number of fused-ring (bicyclic) bond motifs is 1. The molecule has 1 aromatic carbocycles. The molecule has 34 heavy (non-hydrogen) atoms. The van der Waals surface area contributed by atoms with Gasteiger partial charge in [-0.3, -0.25) is 4.90 Å². The molecule has 1 saturated heterocycles. The maximum atomic E-state index is 13.3. The lowest BCUT2D eigenvalue weighted by atomic mass is 9.82. The maximum Gasteiger partial charge on any atom is 0.410 e. The Hall–Kier alpha value is -3.21. The van der Waals surface area contributed by atoms with E-state index in [1.807, 2.05) is 30.3 Å². The summed E-state index contributed by atoms with van der Waals surface area (Å²) >= 11 is 0. The molecule has 1 heterocycles. The number of methoxy groups -OCH3 is 1. The van der Waals surface area contributed by atoms with E-state index in [2.05, 4.69) is 11.2 Å². The van der Waals surface area contributed by atoms with Gasteiger partial charge >= 0.3 is 18.2 Å². The lowest BCUT2D eigenvalue weighted by Crippen LogP contribution is -2.49. The number of esters is 1. The molecule has 5 atom stereocenters. The summed E-state index contributed by atoms with van der Waals surface area (Å²) < 4.78 is 16.3. The summed E-state index contributed by atoms with van der Waals surface area (Å²) in [5.74, 6) is 2.05. The van der Waals surface area contributed by atoms with Gasteiger partial charge in [-0.25, -0.2) is 14.4 Å². The molecule has 2 fully saturated rings. The van der Waals surface area contributed by atoms with Crippen molar-refractivity contribution in [3.05, 3.63) is 35.9 Å². The number of hydrogen-bond donors (Lipinski definition) is 1. The first kappa shape index (κ1) is 25.4. The van der Waals surface area contributed by atoms with E-state index in [0.717, 1.165) is 18.4 Å². The van der Waals surface area contributed by atoms with Crippen LogP contribution in [0.2, 0.25) is 0 Å². The summed E-state index contributed by atoms with van der Waals surface area (Å²) in [4.78, 5) is 39.7. The average molecular weight is 471 g/mol. The third kappa shape index (κ3) is 6.22. The number of alkyl carbamates (subject to hydrolysis) is 1. The van der Waals surface area contributed by atoms with Crippen LogP contribution < -0.4 is 5.32 Å². The van der Waals surface area contributed by atoms with Gasteiger partial charge in [-0.05, 0) is 52.0 Å². The predicted molar refractivity (Wildman–Crippen MR) is 126 cm³/mol. The topological polar surface area (TPSA) is 94.2 Å². The van der Waals surface area contributed by atoms with Gasteiger partial charge in [-0.1, -0.05) is 36.3 Å². The highest BCUT2D eigenvalue weighted by Crippen LogP contribution is 2.41. The molecule has 0 spiro atoms. The van der Waals surface area contributed by atoms with Crippen LogP contribution in [0, 0.1) is 18.3 Å². The van der Waals surface area contributed by atoms with Crippen LogP contribution in [0.3, 0.4) is 0 Å². The summed E-state index contributed by atoms with van der Waals surface area (Å²) in [5.41, 5.74) is 0.181. The van der Waals surface area contributed by atoms with E-state index in [0.29, 0.717) is 12.8 Å². The minimum absolute atomic E-state index is 0.0863. The largest absolute Gasteiger partial charge is 0.460 e. The van der Waals surface area contributed by atoms with Gasteiger partial charge in [-0.15, -0.1) is 6.42 Å². The van der Waals surface area contributed by atoms with Crippen molar-refractivity contribution in [2.45, 2.75) is 82.7 Å². The Morgan fingerprint density at radius 3 is 2.53 bits per heavy atom. The number of benzene rings is 1. The Morgan fingerprint density at radius 1 is 1.21 bits per heavy atom. The Morgan fingerprint density at radius 2 is 1.91 bits per heavy atom. The highest BCUT2D eigenvalue weighted by Gasteiger charge is 2.50. The second-order valence-corrected chi connectivity index (χ2v) is 9.82. The maximum absolute atomic E-state index is 13.3. The molecule has 1 N–H and O–H groups in total. The van der Waals surface area contributed by atoms with Crippen LogP contribution in [0.15, 0.2) is 30.3 Å². The number of nitrogens with zero attached hydrogens (tertiary/aromatic N) is 1. The standard InChI is InChI=1S/C26H34N2O6/c1-6-18-16-19-21(28(18)25(31)32-5)13-10-14-22(19)33-23(29)20(15-17-11-8-7-9-12-17)27-24(30)34-26(2,3)4/h1,7-9,11-12,18-22H,10,13-16H2,2-5H3,(H,27,30)/t18?,19-,20?,21-,22+/m1/s1. The summed E-state index contributed by atoms with van der Waals surface area (Å²) in [6, 6.07) is 7.93. The number of carbonyl (C=O) groups excluding carboxylic acids is 3. The number of amides is 2.